The fourth-order valence-electron chi connectivity index (χ4n) is 1.39. The van der Waals surface area contributed by atoms with Gasteiger partial charge in [-0.05, 0) is 84.4 Å². The lowest BCUT2D eigenvalue weighted by Crippen LogP contribution is -1.86. The van der Waals surface area contributed by atoms with Crippen molar-refractivity contribution in [3.05, 3.63) is 54.1 Å². The summed E-state index contributed by atoms with van der Waals surface area (Å²) in [6.45, 7) is 0. The molecular weight excluding hydrogens is 478 g/mol. The summed E-state index contributed by atoms with van der Waals surface area (Å²) in [4.78, 5) is 0. The van der Waals surface area contributed by atoms with Gasteiger partial charge in [0.05, 0.1) is 0 Å². The van der Waals surface area contributed by atoms with Gasteiger partial charge in [-0.1, -0.05) is 30.3 Å². The predicted molar refractivity (Wildman–Crippen MR) is 85.0 cm³/mol. The van der Waals surface area contributed by atoms with E-state index in [1.165, 1.54) is 18.3 Å². The Balaban J connectivity index is 2.65. The Bertz CT molecular complexity index is 495. The molecule has 0 saturated carbocycles. The molecule has 0 nitrogen and oxygen atoms in total. The Labute approximate surface area is 125 Å². The maximum atomic E-state index is 3.56. The summed E-state index contributed by atoms with van der Waals surface area (Å²) in [5.74, 6) is 0. The van der Waals surface area contributed by atoms with Crippen LogP contribution in [0.25, 0.3) is 11.1 Å². The van der Waals surface area contributed by atoms with E-state index < -0.39 is 0 Å². The van der Waals surface area contributed by atoms with Gasteiger partial charge in [0.25, 0.3) is 0 Å². The molecule has 2 aromatic carbocycles. The number of halogens is 3. The Morgan fingerprint density at radius 1 is 0.800 bits per heavy atom. The van der Waals surface area contributed by atoms with Gasteiger partial charge in [0.2, 0.25) is 0 Å². The highest BCUT2D eigenvalue weighted by Crippen LogP contribution is 2.32. The summed E-state index contributed by atoms with van der Waals surface area (Å²) >= 11 is 8.31. The van der Waals surface area contributed by atoms with Crippen molar-refractivity contribution in [3.63, 3.8) is 0 Å². The van der Waals surface area contributed by atoms with Crippen molar-refractivity contribution in [1.29, 1.82) is 0 Å². The van der Waals surface area contributed by atoms with Crippen molar-refractivity contribution in [2.75, 3.05) is 0 Å². The molecule has 0 aliphatic rings. The number of benzene rings is 2. The van der Waals surface area contributed by atoms with E-state index in [9.17, 15) is 0 Å². The van der Waals surface area contributed by atoms with Gasteiger partial charge in [0, 0.05) is 11.6 Å². The van der Waals surface area contributed by atoms with Crippen molar-refractivity contribution in [1.82, 2.24) is 0 Å². The summed E-state index contributed by atoms with van der Waals surface area (Å²) in [6.07, 6.45) is 0. The van der Waals surface area contributed by atoms with Gasteiger partial charge in [-0.2, -0.15) is 0 Å². The van der Waals surface area contributed by atoms with E-state index in [0.29, 0.717) is 0 Å². The smallest absolute Gasteiger partial charge is 0.0351 e. The van der Waals surface area contributed by atoms with Crippen molar-refractivity contribution in [2.24, 2.45) is 0 Å². The normalized spacial score (nSPS) is 10.3. The topological polar surface area (TPSA) is 0 Å². The van der Waals surface area contributed by atoms with Crippen molar-refractivity contribution in [3.8, 4) is 11.1 Å². The van der Waals surface area contributed by atoms with E-state index in [2.05, 4.69) is 104 Å². The molecule has 0 heterocycles. The van der Waals surface area contributed by atoms with Gasteiger partial charge in [0.1, 0.15) is 0 Å². The molecule has 0 bridgehead atoms. The lowest BCUT2D eigenvalue weighted by atomic mass is 10.1. The summed E-state index contributed by atoms with van der Waals surface area (Å²) in [5, 5.41) is 0. The molecule has 3 heteroatoms. The third kappa shape index (κ3) is 2.55. The molecule has 0 saturated heterocycles. The fourth-order valence-corrected chi connectivity index (χ4v) is 3.09. The zero-order valence-corrected chi connectivity index (χ0v) is 13.6. The predicted octanol–water partition coefficient (Wildman–Crippen LogP) is 5.33. The molecule has 0 atom stereocenters. The van der Waals surface area contributed by atoms with Gasteiger partial charge in [0.15, 0.2) is 0 Å². The highest BCUT2D eigenvalue weighted by molar-refractivity contribution is 14.1. The van der Waals surface area contributed by atoms with E-state index >= 15 is 0 Å². The van der Waals surface area contributed by atoms with Crippen molar-refractivity contribution < 1.29 is 0 Å². The first-order chi connectivity index (χ1) is 7.20. The molecule has 0 N–H and O–H groups in total. The molecule has 0 fully saturated rings. The maximum absolute atomic E-state index is 3.56. The molecule has 2 aromatic rings. The van der Waals surface area contributed by atoms with E-state index in [1.807, 2.05) is 0 Å². The van der Waals surface area contributed by atoms with Crippen LogP contribution in [0.1, 0.15) is 0 Å². The minimum atomic E-state index is 1.15. The van der Waals surface area contributed by atoms with Crippen LogP contribution in [-0.2, 0) is 0 Å². The van der Waals surface area contributed by atoms with Crippen LogP contribution in [0.15, 0.2) is 46.9 Å². The molecule has 0 unspecified atom stereocenters. The number of hydrogen-bond donors (Lipinski definition) is 0. The standard InChI is InChI=1S/C12H7BrI2/c13-10-6-3-5-9(12(10)15)8-4-1-2-7-11(8)14/h1-7H. The first-order valence-corrected chi connectivity index (χ1v) is 7.34. The second-order valence-corrected chi connectivity index (χ2v) is 6.18. The average molecular weight is 485 g/mol. The molecule has 0 aliphatic carbocycles. The van der Waals surface area contributed by atoms with Crippen LogP contribution < -0.4 is 0 Å². The lowest BCUT2D eigenvalue weighted by Gasteiger charge is -2.08. The molecule has 15 heavy (non-hydrogen) atoms. The van der Waals surface area contributed by atoms with Crippen LogP contribution in [-0.4, -0.2) is 0 Å². The first-order valence-electron chi connectivity index (χ1n) is 4.39. The SMILES string of the molecule is Brc1cccc(-c2ccccc2I)c1I. The van der Waals surface area contributed by atoms with E-state index in [1.54, 1.807) is 0 Å². The molecular formula is C12H7BrI2. The zero-order chi connectivity index (χ0) is 10.8. The van der Waals surface area contributed by atoms with Crippen LogP contribution in [0.4, 0.5) is 0 Å². The Morgan fingerprint density at radius 2 is 1.47 bits per heavy atom. The molecule has 0 aromatic heterocycles. The minimum absolute atomic E-state index is 1.15. The largest absolute Gasteiger partial charge is 0.0616 e. The third-order valence-corrected chi connectivity index (χ3v) is 5.62. The monoisotopic (exact) mass is 484 g/mol. The van der Waals surface area contributed by atoms with Gasteiger partial charge in [-0.15, -0.1) is 0 Å². The Morgan fingerprint density at radius 3 is 2.20 bits per heavy atom. The molecule has 2 rings (SSSR count). The van der Waals surface area contributed by atoms with Crippen molar-refractivity contribution >= 4 is 61.1 Å². The Kier molecular flexibility index (Phi) is 4.06. The van der Waals surface area contributed by atoms with Crippen LogP contribution in [0.3, 0.4) is 0 Å². The number of hydrogen-bond acceptors (Lipinski definition) is 0. The van der Waals surface area contributed by atoms with Crippen molar-refractivity contribution in [2.45, 2.75) is 0 Å². The zero-order valence-electron chi connectivity index (χ0n) is 7.68. The second-order valence-electron chi connectivity index (χ2n) is 3.08. The van der Waals surface area contributed by atoms with Crippen LogP contribution in [0.5, 0.6) is 0 Å². The fraction of sp³-hybridized carbons (Fsp3) is 0. The summed E-state index contributed by atoms with van der Waals surface area (Å²) < 4.78 is 3.70. The average Bonchev–Trinajstić information content (AvgIpc) is 2.23. The summed E-state index contributed by atoms with van der Waals surface area (Å²) in [5.41, 5.74) is 2.58. The van der Waals surface area contributed by atoms with Gasteiger partial charge in [-0.3, -0.25) is 0 Å². The third-order valence-electron chi connectivity index (χ3n) is 2.12. The van der Waals surface area contributed by atoms with E-state index in [4.69, 9.17) is 0 Å². The molecule has 76 valence electrons. The van der Waals surface area contributed by atoms with Crippen LogP contribution in [0, 0.1) is 7.14 Å². The molecule has 0 spiro atoms. The van der Waals surface area contributed by atoms with Gasteiger partial charge in [-0.25, -0.2) is 0 Å². The lowest BCUT2D eigenvalue weighted by molar-refractivity contribution is 1.52. The number of rotatable bonds is 1. The van der Waals surface area contributed by atoms with E-state index in [0.717, 1.165) is 4.47 Å². The highest BCUT2D eigenvalue weighted by Gasteiger charge is 2.07. The second kappa shape index (κ2) is 5.14. The van der Waals surface area contributed by atoms with Gasteiger partial charge >= 0.3 is 0 Å². The molecule has 0 aliphatic heterocycles. The summed E-state index contributed by atoms with van der Waals surface area (Å²) in [7, 11) is 0. The van der Waals surface area contributed by atoms with Crippen LogP contribution in [0.2, 0.25) is 0 Å². The molecule has 0 amide bonds. The highest BCUT2D eigenvalue weighted by atomic mass is 127. The molecule has 0 radical (unpaired) electrons. The quantitative estimate of drug-likeness (QED) is 0.480. The van der Waals surface area contributed by atoms with Gasteiger partial charge < -0.3 is 0 Å². The van der Waals surface area contributed by atoms with E-state index in [-0.39, 0.29) is 0 Å². The van der Waals surface area contributed by atoms with Crippen LogP contribution >= 0.6 is 61.1 Å². The Hall–Kier alpha value is 0.380. The first kappa shape index (κ1) is 11.9. The minimum Gasteiger partial charge on any atom is -0.0616 e. The summed E-state index contributed by atoms with van der Waals surface area (Å²) in [6, 6.07) is 14.7. The maximum Gasteiger partial charge on any atom is 0.0351 e.